The van der Waals surface area contributed by atoms with Crippen molar-refractivity contribution in [2.75, 3.05) is 25.6 Å². The third-order valence-corrected chi connectivity index (χ3v) is 4.21. The summed E-state index contributed by atoms with van der Waals surface area (Å²) in [6.07, 6.45) is 0. The van der Waals surface area contributed by atoms with Crippen LogP contribution in [0.5, 0.6) is 0 Å². The molecule has 122 valence electrons. The van der Waals surface area contributed by atoms with Gasteiger partial charge in [-0.3, -0.25) is 4.79 Å². The minimum absolute atomic E-state index is 0.00300. The first-order chi connectivity index (χ1) is 11.2. The number of methoxy groups -OCH3 is 1. The van der Waals surface area contributed by atoms with Crippen LogP contribution in [0.1, 0.15) is 6.92 Å². The summed E-state index contributed by atoms with van der Waals surface area (Å²) in [5.74, 6) is -0.0472. The maximum absolute atomic E-state index is 11.9. The Morgan fingerprint density at radius 3 is 2.57 bits per heavy atom. The lowest BCUT2D eigenvalue weighted by Gasteiger charge is -2.15. The molecule has 1 amide bonds. The number of benzene rings is 2. The van der Waals surface area contributed by atoms with Gasteiger partial charge in [0.05, 0.1) is 13.2 Å². The van der Waals surface area contributed by atoms with Crippen LogP contribution in [0.3, 0.4) is 0 Å². The molecule has 0 aliphatic carbocycles. The molecular formula is C18H22N2O2S. The molecule has 2 N–H and O–H groups in total. The van der Waals surface area contributed by atoms with E-state index in [9.17, 15) is 4.79 Å². The predicted octanol–water partition coefficient (Wildman–Crippen LogP) is 3.40. The van der Waals surface area contributed by atoms with Crippen molar-refractivity contribution < 1.29 is 9.53 Å². The van der Waals surface area contributed by atoms with E-state index in [1.54, 1.807) is 18.9 Å². The van der Waals surface area contributed by atoms with Gasteiger partial charge in [-0.05, 0) is 31.2 Å². The topological polar surface area (TPSA) is 50.4 Å². The number of hydrogen-bond acceptors (Lipinski definition) is 4. The number of carbonyl (C=O) groups excluding carboxylic acids is 1. The van der Waals surface area contributed by atoms with Gasteiger partial charge in [-0.2, -0.15) is 0 Å². The fourth-order valence-corrected chi connectivity index (χ4v) is 3.05. The molecule has 0 radical (unpaired) electrons. The van der Waals surface area contributed by atoms with Crippen LogP contribution in [0, 0.1) is 0 Å². The van der Waals surface area contributed by atoms with Crippen LogP contribution in [0.2, 0.25) is 0 Å². The largest absolute Gasteiger partial charge is 0.383 e. The van der Waals surface area contributed by atoms with Gasteiger partial charge in [0.15, 0.2) is 0 Å². The van der Waals surface area contributed by atoms with Crippen molar-refractivity contribution in [2.24, 2.45) is 0 Å². The smallest absolute Gasteiger partial charge is 0.239 e. The molecule has 2 rings (SSSR count). The van der Waals surface area contributed by atoms with E-state index in [1.165, 1.54) is 4.90 Å². The van der Waals surface area contributed by atoms with Crippen molar-refractivity contribution in [3.8, 4) is 0 Å². The van der Waals surface area contributed by atoms with Crippen molar-refractivity contribution in [1.82, 2.24) is 5.32 Å². The quantitative estimate of drug-likeness (QED) is 0.779. The molecule has 23 heavy (non-hydrogen) atoms. The van der Waals surface area contributed by atoms with Gasteiger partial charge in [0, 0.05) is 28.6 Å². The minimum Gasteiger partial charge on any atom is -0.383 e. The molecule has 2 aromatic carbocycles. The number of amides is 1. The van der Waals surface area contributed by atoms with E-state index in [-0.39, 0.29) is 18.5 Å². The maximum Gasteiger partial charge on any atom is 0.239 e. The van der Waals surface area contributed by atoms with Gasteiger partial charge in [0.1, 0.15) is 0 Å². The van der Waals surface area contributed by atoms with E-state index in [2.05, 4.69) is 22.8 Å². The highest BCUT2D eigenvalue weighted by Gasteiger charge is 2.08. The number of nitrogens with one attached hydrogen (secondary N) is 2. The van der Waals surface area contributed by atoms with Crippen molar-refractivity contribution in [1.29, 1.82) is 0 Å². The standard InChI is InChI=1S/C18H22N2O2S/c1-14(13-22-2)20-18(21)12-19-16-10-6-7-11-17(16)23-15-8-4-3-5-9-15/h3-11,14,19H,12-13H2,1-2H3,(H,20,21)/t14-/m0/s1. The third-order valence-electron chi connectivity index (χ3n) is 3.12. The minimum atomic E-state index is -0.0472. The zero-order valence-electron chi connectivity index (χ0n) is 13.4. The Balaban J connectivity index is 1.94. The van der Waals surface area contributed by atoms with Gasteiger partial charge >= 0.3 is 0 Å². The van der Waals surface area contributed by atoms with Gasteiger partial charge in [-0.15, -0.1) is 0 Å². The Hall–Kier alpha value is -1.98. The monoisotopic (exact) mass is 330 g/mol. The number of rotatable bonds is 8. The molecule has 0 unspecified atom stereocenters. The SMILES string of the molecule is COC[C@H](C)NC(=O)CNc1ccccc1Sc1ccccc1. The molecule has 0 aromatic heterocycles. The number of ether oxygens (including phenoxy) is 1. The normalized spacial score (nSPS) is 11.7. The van der Waals surface area contributed by atoms with E-state index in [1.807, 2.05) is 49.4 Å². The summed E-state index contributed by atoms with van der Waals surface area (Å²) in [5, 5.41) is 6.09. The zero-order valence-corrected chi connectivity index (χ0v) is 14.2. The molecule has 0 bridgehead atoms. The lowest BCUT2D eigenvalue weighted by atomic mass is 10.3. The fourth-order valence-electron chi connectivity index (χ4n) is 2.11. The number of hydrogen-bond donors (Lipinski definition) is 2. The number of carbonyl (C=O) groups is 1. The van der Waals surface area contributed by atoms with E-state index in [0.717, 1.165) is 10.6 Å². The second-order valence-corrected chi connectivity index (χ2v) is 6.30. The highest BCUT2D eigenvalue weighted by Crippen LogP contribution is 2.32. The molecule has 5 heteroatoms. The van der Waals surface area contributed by atoms with E-state index < -0.39 is 0 Å². The molecule has 0 saturated carbocycles. The van der Waals surface area contributed by atoms with Crippen LogP contribution >= 0.6 is 11.8 Å². The molecule has 0 heterocycles. The van der Waals surface area contributed by atoms with E-state index in [0.29, 0.717) is 6.61 Å². The van der Waals surface area contributed by atoms with Crippen molar-refractivity contribution >= 4 is 23.4 Å². The summed E-state index contributed by atoms with van der Waals surface area (Å²) >= 11 is 1.67. The first-order valence-electron chi connectivity index (χ1n) is 7.53. The van der Waals surface area contributed by atoms with Gasteiger partial charge < -0.3 is 15.4 Å². The Labute approximate surface area is 141 Å². The average molecular weight is 330 g/mol. The summed E-state index contributed by atoms with van der Waals surface area (Å²) in [6.45, 7) is 2.66. The molecule has 0 aliphatic heterocycles. The van der Waals surface area contributed by atoms with Crippen LogP contribution < -0.4 is 10.6 Å². The number of anilines is 1. The van der Waals surface area contributed by atoms with Gasteiger partial charge in [-0.1, -0.05) is 42.1 Å². The lowest BCUT2D eigenvalue weighted by Crippen LogP contribution is -2.39. The third kappa shape index (κ3) is 5.96. The molecule has 2 aromatic rings. The summed E-state index contributed by atoms with van der Waals surface area (Å²) in [5.41, 5.74) is 0.955. The van der Waals surface area contributed by atoms with Crippen LogP contribution in [-0.4, -0.2) is 32.2 Å². The molecular weight excluding hydrogens is 308 g/mol. The summed E-state index contributed by atoms with van der Waals surface area (Å²) in [4.78, 5) is 14.2. The Kier molecular flexibility index (Phi) is 6.97. The van der Waals surface area contributed by atoms with Crippen LogP contribution in [0.15, 0.2) is 64.4 Å². The van der Waals surface area contributed by atoms with Crippen molar-refractivity contribution in [3.05, 3.63) is 54.6 Å². The highest BCUT2D eigenvalue weighted by atomic mass is 32.2. The van der Waals surface area contributed by atoms with Gasteiger partial charge in [0.2, 0.25) is 5.91 Å². The van der Waals surface area contributed by atoms with Crippen molar-refractivity contribution in [3.63, 3.8) is 0 Å². The Morgan fingerprint density at radius 1 is 1.13 bits per heavy atom. The molecule has 4 nitrogen and oxygen atoms in total. The second kappa shape index (κ2) is 9.22. The fraction of sp³-hybridized carbons (Fsp3) is 0.278. The zero-order chi connectivity index (χ0) is 16.5. The van der Waals surface area contributed by atoms with Crippen LogP contribution in [0.25, 0.3) is 0 Å². The first-order valence-corrected chi connectivity index (χ1v) is 8.35. The highest BCUT2D eigenvalue weighted by molar-refractivity contribution is 7.99. The molecule has 0 aliphatic rings. The molecule has 0 fully saturated rings. The first kappa shape index (κ1) is 17.4. The van der Waals surface area contributed by atoms with Gasteiger partial charge in [0.25, 0.3) is 0 Å². The summed E-state index contributed by atoms with van der Waals surface area (Å²) in [7, 11) is 1.62. The Bertz CT molecular complexity index is 619. The molecule has 0 spiro atoms. The number of para-hydroxylation sites is 1. The summed E-state index contributed by atoms with van der Waals surface area (Å²) < 4.78 is 5.01. The van der Waals surface area contributed by atoms with Crippen LogP contribution in [-0.2, 0) is 9.53 Å². The lowest BCUT2D eigenvalue weighted by molar-refractivity contribution is -0.120. The predicted molar refractivity (Wildman–Crippen MR) is 95.0 cm³/mol. The van der Waals surface area contributed by atoms with E-state index >= 15 is 0 Å². The second-order valence-electron chi connectivity index (χ2n) is 5.19. The molecule has 0 saturated heterocycles. The Morgan fingerprint density at radius 2 is 1.83 bits per heavy atom. The maximum atomic E-state index is 11.9. The van der Waals surface area contributed by atoms with E-state index in [4.69, 9.17) is 4.74 Å². The molecule has 1 atom stereocenters. The van der Waals surface area contributed by atoms with Gasteiger partial charge in [-0.25, -0.2) is 0 Å². The summed E-state index contributed by atoms with van der Waals surface area (Å²) in [6, 6.07) is 18.2. The van der Waals surface area contributed by atoms with Crippen LogP contribution in [0.4, 0.5) is 5.69 Å². The average Bonchev–Trinajstić information content (AvgIpc) is 2.55. The van der Waals surface area contributed by atoms with Crippen molar-refractivity contribution in [2.45, 2.75) is 22.8 Å².